The fourth-order valence-electron chi connectivity index (χ4n) is 2.10. The molecule has 5 heteroatoms. The zero-order valence-electron chi connectivity index (χ0n) is 12.4. The lowest BCUT2D eigenvalue weighted by Crippen LogP contribution is -2.25. The van der Waals surface area contributed by atoms with Crippen LogP contribution in [0.1, 0.15) is 21.7 Å². The van der Waals surface area contributed by atoms with Gasteiger partial charge in [0.1, 0.15) is 11.5 Å². The summed E-state index contributed by atoms with van der Waals surface area (Å²) in [6, 6.07) is 7.29. The third kappa shape index (κ3) is 3.95. The molecule has 0 spiro atoms. The second-order valence-corrected chi connectivity index (χ2v) is 5.80. The van der Waals surface area contributed by atoms with Gasteiger partial charge in [0, 0.05) is 17.7 Å². The summed E-state index contributed by atoms with van der Waals surface area (Å²) in [5, 5.41) is 0. The van der Waals surface area contributed by atoms with Crippen LogP contribution in [-0.4, -0.2) is 31.4 Å². The zero-order valence-corrected chi connectivity index (χ0v) is 13.9. The van der Waals surface area contributed by atoms with Crippen LogP contribution in [0.25, 0.3) is 0 Å². The molecule has 0 N–H and O–H groups in total. The molecule has 0 aliphatic carbocycles. The smallest absolute Gasteiger partial charge is 0.176 e. The van der Waals surface area contributed by atoms with Gasteiger partial charge in [-0.05, 0) is 54.2 Å². The number of hydrogen-bond acceptors (Lipinski definition) is 4. The van der Waals surface area contributed by atoms with Crippen LogP contribution < -0.4 is 4.74 Å². The van der Waals surface area contributed by atoms with E-state index in [0.717, 1.165) is 15.8 Å². The van der Waals surface area contributed by atoms with Crippen molar-refractivity contribution in [3.8, 4) is 5.75 Å². The molecule has 1 aromatic heterocycles. The minimum absolute atomic E-state index is 0.0713. The zero-order chi connectivity index (χ0) is 15.4. The topological polar surface area (TPSA) is 42.7 Å². The molecule has 112 valence electrons. The number of methoxy groups -OCH3 is 1. The fraction of sp³-hybridized carbons (Fsp3) is 0.312. The predicted molar refractivity (Wildman–Crippen MR) is 84.8 cm³/mol. The van der Waals surface area contributed by atoms with Crippen LogP contribution >= 0.6 is 15.9 Å². The van der Waals surface area contributed by atoms with Gasteiger partial charge in [-0.25, -0.2) is 0 Å². The maximum atomic E-state index is 12.3. The van der Waals surface area contributed by atoms with E-state index in [0.29, 0.717) is 24.4 Å². The summed E-state index contributed by atoms with van der Waals surface area (Å²) in [4.78, 5) is 14.3. The molecule has 0 unspecified atom stereocenters. The summed E-state index contributed by atoms with van der Waals surface area (Å²) >= 11 is 3.40. The highest BCUT2D eigenvalue weighted by molar-refractivity contribution is 9.10. The van der Waals surface area contributed by atoms with Crippen molar-refractivity contribution in [3.63, 3.8) is 0 Å². The summed E-state index contributed by atoms with van der Waals surface area (Å²) in [5.41, 5.74) is 1.76. The number of likely N-dealkylation sites (N-methyl/N-ethyl adjacent to an activating group) is 1. The lowest BCUT2D eigenvalue weighted by Gasteiger charge is -2.15. The van der Waals surface area contributed by atoms with Gasteiger partial charge in [0.2, 0.25) is 0 Å². The maximum absolute atomic E-state index is 12.3. The van der Waals surface area contributed by atoms with E-state index in [2.05, 4.69) is 15.9 Å². The van der Waals surface area contributed by atoms with Gasteiger partial charge in [-0.2, -0.15) is 0 Å². The van der Waals surface area contributed by atoms with Crippen LogP contribution in [0.3, 0.4) is 0 Å². The molecule has 0 fully saturated rings. The Morgan fingerprint density at radius 2 is 2.14 bits per heavy atom. The number of carbonyl (C=O) groups is 1. The van der Waals surface area contributed by atoms with Crippen molar-refractivity contribution >= 4 is 21.7 Å². The average molecular weight is 352 g/mol. The monoisotopic (exact) mass is 351 g/mol. The standard InChI is InChI=1S/C16H18BrNO3/c1-11-13(6-7-21-11)9-18(2)10-15(19)12-4-5-16(20-3)14(17)8-12/h4-8H,9-10H2,1-3H3. The molecule has 21 heavy (non-hydrogen) atoms. The highest BCUT2D eigenvalue weighted by atomic mass is 79.9. The second-order valence-electron chi connectivity index (χ2n) is 4.95. The van der Waals surface area contributed by atoms with Crippen LogP contribution in [-0.2, 0) is 6.54 Å². The second kappa shape index (κ2) is 6.91. The van der Waals surface area contributed by atoms with Crippen LogP contribution in [0, 0.1) is 6.92 Å². The minimum atomic E-state index is 0.0713. The third-order valence-corrected chi connectivity index (χ3v) is 3.91. The number of ketones is 1. The Bertz CT molecular complexity index is 636. The Labute approximate surface area is 132 Å². The average Bonchev–Trinajstić information content (AvgIpc) is 2.84. The van der Waals surface area contributed by atoms with Crippen LogP contribution in [0.4, 0.5) is 0 Å². The van der Waals surface area contributed by atoms with Gasteiger partial charge in [0.05, 0.1) is 24.4 Å². The van der Waals surface area contributed by atoms with E-state index in [9.17, 15) is 4.79 Å². The van der Waals surface area contributed by atoms with E-state index in [4.69, 9.17) is 9.15 Å². The third-order valence-electron chi connectivity index (χ3n) is 3.29. The first-order valence-corrected chi connectivity index (χ1v) is 7.39. The van der Waals surface area contributed by atoms with Crippen molar-refractivity contribution < 1.29 is 13.9 Å². The molecule has 2 aromatic rings. The molecule has 0 amide bonds. The van der Waals surface area contributed by atoms with Crippen molar-refractivity contribution in [3.05, 3.63) is 51.9 Å². The number of nitrogens with zero attached hydrogens (tertiary/aromatic N) is 1. The normalized spacial score (nSPS) is 10.9. The van der Waals surface area contributed by atoms with Crippen molar-refractivity contribution in [1.82, 2.24) is 4.90 Å². The molecule has 1 heterocycles. The molecule has 0 saturated heterocycles. The lowest BCUT2D eigenvalue weighted by atomic mass is 10.1. The van der Waals surface area contributed by atoms with Gasteiger partial charge in [0.15, 0.2) is 5.78 Å². The van der Waals surface area contributed by atoms with Crippen molar-refractivity contribution in [2.45, 2.75) is 13.5 Å². The molecular formula is C16H18BrNO3. The fourth-order valence-corrected chi connectivity index (χ4v) is 2.64. The molecule has 0 bridgehead atoms. The Morgan fingerprint density at radius 1 is 1.38 bits per heavy atom. The Kier molecular flexibility index (Phi) is 5.20. The van der Waals surface area contributed by atoms with Gasteiger partial charge in [-0.1, -0.05) is 0 Å². The number of halogens is 1. The molecule has 0 aliphatic rings. The quantitative estimate of drug-likeness (QED) is 0.744. The van der Waals surface area contributed by atoms with Gasteiger partial charge in [0.25, 0.3) is 0 Å². The number of hydrogen-bond donors (Lipinski definition) is 0. The number of furan rings is 1. The van der Waals surface area contributed by atoms with Crippen molar-refractivity contribution in [2.24, 2.45) is 0 Å². The first-order chi connectivity index (χ1) is 10.0. The Morgan fingerprint density at radius 3 is 2.71 bits per heavy atom. The highest BCUT2D eigenvalue weighted by Crippen LogP contribution is 2.25. The SMILES string of the molecule is COc1ccc(C(=O)CN(C)Cc2ccoc2C)cc1Br. The van der Waals surface area contributed by atoms with E-state index in [1.807, 2.05) is 24.9 Å². The molecule has 0 aliphatic heterocycles. The van der Waals surface area contributed by atoms with Crippen molar-refractivity contribution in [2.75, 3.05) is 20.7 Å². The first-order valence-electron chi connectivity index (χ1n) is 6.59. The largest absolute Gasteiger partial charge is 0.496 e. The number of benzene rings is 1. The maximum Gasteiger partial charge on any atom is 0.176 e. The number of aryl methyl sites for hydroxylation is 1. The summed E-state index contributed by atoms with van der Waals surface area (Å²) in [7, 11) is 3.52. The minimum Gasteiger partial charge on any atom is -0.496 e. The number of carbonyl (C=O) groups excluding carboxylic acids is 1. The highest BCUT2D eigenvalue weighted by Gasteiger charge is 2.13. The molecular weight excluding hydrogens is 334 g/mol. The molecule has 0 saturated carbocycles. The van der Waals surface area contributed by atoms with Gasteiger partial charge in [-0.15, -0.1) is 0 Å². The summed E-state index contributed by atoms with van der Waals surface area (Å²) in [6.07, 6.45) is 1.67. The first kappa shape index (κ1) is 15.8. The Balaban J connectivity index is 2.00. The summed E-state index contributed by atoms with van der Waals surface area (Å²) in [6.45, 7) is 2.96. The molecule has 4 nitrogen and oxygen atoms in total. The predicted octanol–water partition coefficient (Wildman–Crippen LogP) is 3.67. The van der Waals surface area contributed by atoms with Gasteiger partial charge < -0.3 is 9.15 Å². The summed E-state index contributed by atoms with van der Waals surface area (Å²) in [5.74, 6) is 1.68. The van der Waals surface area contributed by atoms with Gasteiger partial charge in [-0.3, -0.25) is 9.69 Å². The van der Waals surface area contributed by atoms with Crippen molar-refractivity contribution in [1.29, 1.82) is 0 Å². The number of Topliss-reactive ketones (excluding diaryl/α,β-unsaturated/α-hetero) is 1. The van der Waals surface area contributed by atoms with E-state index in [1.54, 1.807) is 31.6 Å². The van der Waals surface area contributed by atoms with Crippen LogP contribution in [0.2, 0.25) is 0 Å². The van der Waals surface area contributed by atoms with E-state index >= 15 is 0 Å². The lowest BCUT2D eigenvalue weighted by molar-refractivity contribution is 0.0942. The summed E-state index contributed by atoms with van der Waals surface area (Å²) < 4.78 is 11.2. The Hall–Kier alpha value is -1.59. The molecule has 0 atom stereocenters. The van der Waals surface area contributed by atoms with Gasteiger partial charge >= 0.3 is 0 Å². The number of rotatable bonds is 6. The van der Waals surface area contributed by atoms with Crippen LogP contribution in [0.15, 0.2) is 39.4 Å². The molecule has 0 radical (unpaired) electrons. The van der Waals surface area contributed by atoms with E-state index in [1.165, 1.54) is 0 Å². The molecule has 2 rings (SSSR count). The number of ether oxygens (including phenoxy) is 1. The van der Waals surface area contributed by atoms with E-state index in [-0.39, 0.29) is 5.78 Å². The van der Waals surface area contributed by atoms with Crippen LogP contribution in [0.5, 0.6) is 5.75 Å². The molecule has 1 aromatic carbocycles. The van der Waals surface area contributed by atoms with E-state index < -0.39 is 0 Å².